The second-order valence-corrected chi connectivity index (χ2v) is 10.7. The minimum absolute atomic E-state index is 0.179. The van der Waals surface area contributed by atoms with Crippen molar-refractivity contribution in [3.05, 3.63) is 96.2 Å². The summed E-state index contributed by atoms with van der Waals surface area (Å²) in [5.74, 6) is 0.356. The maximum absolute atomic E-state index is 13.5. The van der Waals surface area contributed by atoms with Gasteiger partial charge in [-0.25, -0.2) is 9.36 Å². The van der Waals surface area contributed by atoms with Crippen LogP contribution in [0.15, 0.2) is 83.5 Å². The van der Waals surface area contributed by atoms with Crippen LogP contribution in [0.2, 0.25) is 0 Å². The zero-order valence-electron chi connectivity index (χ0n) is 22.5. The molecule has 1 atom stereocenters. The average molecular weight is 600 g/mol. The molecule has 11 nitrogen and oxygen atoms in total. The van der Waals surface area contributed by atoms with Gasteiger partial charge in [0.2, 0.25) is 5.89 Å². The number of oxazole rings is 1. The number of hydrogen-bond donors (Lipinski definition) is 0. The van der Waals surface area contributed by atoms with Crippen molar-refractivity contribution >= 4 is 28.5 Å². The predicted molar refractivity (Wildman–Crippen MR) is 153 cm³/mol. The van der Waals surface area contributed by atoms with Crippen LogP contribution >= 0.6 is 11.5 Å². The molecule has 1 fully saturated rings. The highest BCUT2D eigenvalue weighted by molar-refractivity contribution is 7.09. The van der Waals surface area contributed by atoms with E-state index < -0.39 is 12.6 Å². The Morgan fingerprint density at radius 1 is 0.930 bits per heavy atom. The van der Waals surface area contributed by atoms with Gasteiger partial charge >= 0.3 is 6.55 Å². The van der Waals surface area contributed by atoms with Crippen LogP contribution < -0.4 is 0 Å². The molecule has 0 spiro atoms. The van der Waals surface area contributed by atoms with Gasteiger partial charge in [0.1, 0.15) is 11.2 Å². The van der Waals surface area contributed by atoms with Gasteiger partial charge in [0, 0.05) is 44.1 Å². The number of piperazine rings is 1. The highest BCUT2D eigenvalue weighted by Crippen LogP contribution is 2.31. The van der Waals surface area contributed by atoms with Gasteiger partial charge in [-0.05, 0) is 64.3 Å². The van der Waals surface area contributed by atoms with E-state index in [-0.39, 0.29) is 17.4 Å². The van der Waals surface area contributed by atoms with Crippen molar-refractivity contribution in [1.29, 1.82) is 0 Å². The van der Waals surface area contributed by atoms with E-state index in [1.165, 1.54) is 11.5 Å². The van der Waals surface area contributed by atoms with Gasteiger partial charge in [-0.3, -0.25) is 14.7 Å². The number of amides is 1. The minimum atomic E-state index is -2.88. The molecule has 0 bridgehead atoms. The van der Waals surface area contributed by atoms with E-state index in [1.807, 2.05) is 54.6 Å². The molecule has 1 saturated heterocycles. The van der Waals surface area contributed by atoms with Crippen LogP contribution in [-0.4, -0.2) is 76.4 Å². The molecule has 0 unspecified atom stereocenters. The SMILES string of the molecule is O=C(c1cc(-c2nc3cc(-c4ccns4)ccc3o2)ccn1)N1CCN([C@H](c2ccccc2)c2nnn(C(F)F)n2)CC1. The highest BCUT2D eigenvalue weighted by atomic mass is 32.1. The summed E-state index contributed by atoms with van der Waals surface area (Å²) in [6.07, 6.45) is 3.33. The number of alkyl halides is 2. The maximum Gasteiger partial charge on any atom is 0.350 e. The smallest absolute Gasteiger partial charge is 0.350 e. The fraction of sp³-hybridized carbons (Fsp3) is 0.207. The summed E-state index contributed by atoms with van der Waals surface area (Å²) in [6.45, 7) is -1.13. The Hall–Kier alpha value is -4.95. The summed E-state index contributed by atoms with van der Waals surface area (Å²) >= 11 is 1.41. The van der Waals surface area contributed by atoms with Gasteiger partial charge in [-0.2, -0.15) is 8.78 Å². The Labute approximate surface area is 247 Å². The Bertz CT molecular complexity index is 1870. The number of fused-ring (bicyclic) bond motifs is 1. The standard InChI is InChI=1S/C29H23F2N9O2S/c30-29(31)40-36-26(35-37-40)25(18-4-2-1-3-5-18)38-12-14-39(15-13-38)28(41)22-17-20(8-10-32-22)27-34-21-16-19(6-7-23(21)42-27)24-9-11-33-43-24/h1-11,16-17,25,29H,12-15H2/t25-/m1/s1. The second kappa shape index (κ2) is 11.4. The summed E-state index contributed by atoms with van der Waals surface area (Å²) in [4.78, 5) is 27.6. The maximum atomic E-state index is 13.5. The van der Waals surface area contributed by atoms with Crippen molar-refractivity contribution in [2.45, 2.75) is 12.6 Å². The first-order chi connectivity index (χ1) is 21.0. The summed E-state index contributed by atoms with van der Waals surface area (Å²) in [5.41, 5.74) is 4.12. The largest absolute Gasteiger partial charge is 0.436 e. The number of pyridine rings is 1. The zero-order chi connectivity index (χ0) is 29.3. The van der Waals surface area contributed by atoms with Crippen molar-refractivity contribution in [3.63, 3.8) is 0 Å². The van der Waals surface area contributed by atoms with Crippen molar-refractivity contribution in [2.75, 3.05) is 26.2 Å². The monoisotopic (exact) mass is 599 g/mol. The lowest BCUT2D eigenvalue weighted by Crippen LogP contribution is -2.50. The summed E-state index contributed by atoms with van der Waals surface area (Å²) in [7, 11) is 0. The first-order valence-electron chi connectivity index (χ1n) is 13.5. The number of rotatable bonds is 7. The van der Waals surface area contributed by atoms with E-state index in [9.17, 15) is 13.6 Å². The molecule has 1 amide bonds. The van der Waals surface area contributed by atoms with E-state index in [1.54, 1.807) is 29.4 Å². The average Bonchev–Trinajstić information content (AvgIpc) is 3.83. The predicted octanol–water partition coefficient (Wildman–Crippen LogP) is 4.94. The molecule has 5 heterocycles. The van der Waals surface area contributed by atoms with Crippen LogP contribution in [0.25, 0.3) is 33.0 Å². The molecule has 0 N–H and O–H groups in total. The first kappa shape index (κ1) is 26.9. The minimum Gasteiger partial charge on any atom is -0.436 e. The summed E-state index contributed by atoms with van der Waals surface area (Å²) in [6, 6.07) is 20.1. The number of benzene rings is 2. The highest BCUT2D eigenvalue weighted by Gasteiger charge is 2.32. The molecule has 216 valence electrons. The van der Waals surface area contributed by atoms with Crippen LogP contribution in [0.4, 0.5) is 8.78 Å². The lowest BCUT2D eigenvalue weighted by molar-refractivity contribution is 0.0385. The van der Waals surface area contributed by atoms with Crippen LogP contribution in [0.3, 0.4) is 0 Å². The third kappa shape index (κ3) is 5.37. The van der Waals surface area contributed by atoms with Crippen LogP contribution in [0.5, 0.6) is 0 Å². The first-order valence-corrected chi connectivity index (χ1v) is 14.2. The van der Waals surface area contributed by atoms with E-state index >= 15 is 0 Å². The quantitative estimate of drug-likeness (QED) is 0.251. The van der Waals surface area contributed by atoms with Gasteiger partial charge in [-0.15, -0.1) is 10.2 Å². The van der Waals surface area contributed by atoms with Gasteiger partial charge < -0.3 is 9.32 Å². The van der Waals surface area contributed by atoms with E-state index in [0.717, 1.165) is 16.0 Å². The fourth-order valence-corrected chi connectivity index (χ4v) is 5.77. The van der Waals surface area contributed by atoms with Crippen LogP contribution in [0.1, 0.15) is 34.5 Å². The number of aromatic nitrogens is 7. The lowest BCUT2D eigenvalue weighted by Gasteiger charge is -2.38. The van der Waals surface area contributed by atoms with Crippen molar-refractivity contribution in [1.82, 2.24) is 44.3 Å². The molecule has 0 saturated carbocycles. The molecular weight excluding hydrogens is 576 g/mol. The van der Waals surface area contributed by atoms with Gasteiger partial charge in [0.05, 0.1) is 10.9 Å². The van der Waals surface area contributed by atoms with Gasteiger partial charge in [0.25, 0.3) is 5.91 Å². The lowest BCUT2D eigenvalue weighted by atomic mass is 10.0. The van der Waals surface area contributed by atoms with Crippen LogP contribution in [-0.2, 0) is 0 Å². The number of tetrazole rings is 1. The van der Waals surface area contributed by atoms with Crippen molar-refractivity contribution in [3.8, 4) is 21.9 Å². The Morgan fingerprint density at radius 3 is 2.51 bits per heavy atom. The van der Waals surface area contributed by atoms with Gasteiger partial charge in [0.15, 0.2) is 11.4 Å². The van der Waals surface area contributed by atoms with Gasteiger partial charge in [-0.1, -0.05) is 35.1 Å². The van der Waals surface area contributed by atoms with E-state index in [2.05, 4.69) is 34.7 Å². The fourth-order valence-electron chi connectivity index (χ4n) is 5.18. The summed E-state index contributed by atoms with van der Waals surface area (Å²) in [5, 5.41) is 11.4. The Kier molecular flexibility index (Phi) is 7.12. The normalized spacial score (nSPS) is 14.9. The van der Waals surface area contributed by atoms with Crippen LogP contribution in [0, 0.1) is 0 Å². The van der Waals surface area contributed by atoms with Crippen molar-refractivity contribution in [2.24, 2.45) is 0 Å². The molecule has 43 heavy (non-hydrogen) atoms. The molecule has 0 aliphatic carbocycles. The number of carbonyl (C=O) groups excluding carboxylic acids is 1. The third-order valence-corrected chi connectivity index (χ3v) is 8.08. The summed E-state index contributed by atoms with van der Waals surface area (Å²) < 4.78 is 36.5. The molecule has 1 aliphatic rings. The topological polar surface area (TPSA) is 119 Å². The molecule has 4 aromatic heterocycles. The third-order valence-electron chi connectivity index (χ3n) is 7.28. The van der Waals surface area contributed by atoms with E-state index in [0.29, 0.717) is 53.5 Å². The number of hydrogen-bond acceptors (Lipinski definition) is 10. The second-order valence-electron chi connectivity index (χ2n) is 9.90. The van der Waals surface area contributed by atoms with E-state index in [4.69, 9.17) is 4.42 Å². The molecule has 14 heteroatoms. The zero-order valence-corrected chi connectivity index (χ0v) is 23.3. The van der Waals surface area contributed by atoms with Crippen molar-refractivity contribution < 1.29 is 18.0 Å². The Morgan fingerprint density at radius 2 is 1.77 bits per heavy atom. The molecule has 6 aromatic rings. The molecule has 2 aromatic carbocycles. The molecular formula is C29H23F2N9O2S. The molecule has 0 radical (unpaired) electrons. The molecule has 1 aliphatic heterocycles. The number of halogens is 2. The number of nitrogens with zero attached hydrogens (tertiary/aromatic N) is 9. The number of carbonyl (C=O) groups is 1. The molecule has 7 rings (SSSR count). The Balaban J connectivity index is 1.08.